The topological polar surface area (TPSA) is 61.9 Å². The predicted octanol–water partition coefficient (Wildman–Crippen LogP) is 3.15. The van der Waals surface area contributed by atoms with Crippen LogP contribution in [0.3, 0.4) is 0 Å². The third kappa shape index (κ3) is 3.86. The van der Waals surface area contributed by atoms with Crippen molar-refractivity contribution in [3.63, 3.8) is 0 Å². The van der Waals surface area contributed by atoms with Gasteiger partial charge < -0.3 is 19.9 Å². The molecule has 0 saturated carbocycles. The number of piperazine rings is 1. The van der Waals surface area contributed by atoms with Crippen LogP contribution < -0.4 is 10.1 Å². The SMILES string of the molecule is Cc1cccc(NC(=O)N2CCN(C(=O)C3=Cc4ccccc4OC3)CC2)c1. The lowest BCUT2D eigenvalue weighted by atomic mass is 10.1. The van der Waals surface area contributed by atoms with Crippen LogP contribution in [0.2, 0.25) is 0 Å². The summed E-state index contributed by atoms with van der Waals surface area (Å²) in [5.41, 5.74) is 3.45. The summed E-state index contributed by atoms with van der Waals surface area (Å²) in [6.07, 6.45) is 1.90. The van der Waals surface area contributed by atoms with Crippen molar-refractivity contribution in [1.29, 1.82) is 0 Å². The van der Waals surface area contributed by atoms with Crippen LogP contribution in [0.25, 0.3) is 6.08 Å². The summed E-state index contributed by atoms with van der Waals surface area (Å²) in [6.45, 7) is 4.31. The van der Waals surface area contributed by atoms with Gasteiger partial charge in [-0.2, -0.15) is 0 Å². The zero-order chi connectivity index (χ0) is 19.5. The molecule has 2 aromatic carbocycles. The molecule has 6 nitrogen and oxygen atoms in total. The van der Waals surface area contributed by atoms with Gasteiger partial charge in [-0.05, 0) is 36.8 Å². The summed E-state index contributed by atoms with van der Waals surface area (Å²) in [7, 11) is 0. The number of rotatable bonds is 2. The minimum Gasteiger partial charge on any atom is -0.488 e. The van der Waals surface area contributed by atoms with Crippen LogP contribution in [-0.4, -0.2) is 54.5 Å². The third-order valence-electron chi connectivity index (χ3n) is 5.03. The molecule has 2 aliphatic rings. The van der Waals surface area contributed by atoms with Gasteiger partial charge in [0.2, 0.25) is 0 Å². The molecule has 1 fully saturated rings. The predicted molar refractivity (Wildman–Crippen MR) is 108 cm³/mol. The van der Waals surface area contributed by atoms with Crippen LogP contribution in [0.4, 0.5) is 10.5 Å². The zero-order valence-electron chi connectivity index (χ0n) is 15.9. The van der Waals surface area contributed by atoms with Crippen LogP contribution in [-0.2, 0) is 4.79 Å². The van der Waals surface area contributed by atoms with Gasteiger partial charge in [-0.25, -0.2) is 4.79 Å². The van der Waals surface area contributed by atoms with E-state index in [1.807, 2.05) is 61.5 Å². The molecule has 3 amide bonds. The van der Waals surface area contributed by atoms with E-state index in [1.54, 1.807) is 9.80 Å². The van der Waals surface area contributed by atoms with Gasteiger partial charge in [0.05, 0.1) is 5.57 Å². The third-order valence-corrected chi connectivity index (χ3v) is 5.03. The number of carbonyl (C=O) groups is 2. The Morgan fingerprint density at radius 3 is 2.50 bits per heavy atom. The fraction of sp³-hybridized carbons (Fsp3) is 0.273. The molecule has 0 spiro atoms. The molecule has 144 valence electrons. The van der Waals surface area contributed by atoms with Crippen molar-refractivity contribution >= 4 is 23.7 Å². The zero-order valence-corrected chi connectivity index (χ0v) is 15.9. The first-order valence-electron chi connectivity index (χ1n) is 9.44. The second kappa shape index (κ2) is 7.76. The molecule has 2 aliphatic heterocycles. The second-order valence-corrected chi connectivity index (χ2v) is 7.07. The van der Waals surface area contributed by atoms with Crippen molar-refractivity contribution in [1.82, 2.24) is 9.80 Å². The van der Waals surface area contributed by atoms with Gasteiger partial charge in [0.1, 0.15) is 12.4 Å². The van der Waals surface area contributed by atoms with Crippen molar-refractivity contribution in [3.8, 4) is 5.75 Å². The first-order valence-corrected chi connectivity index (χ1v) is 9.44. The molecule has 2 heterocycles. The minimum absolute atomic E-state index is 0.0201. The molecular weight excluding hydrogens is 354 g/mol. The maximum atomic E-state index is 12.8. The van der Waals surface area contributed by atoms with Crippen LogP contribution in [0.15, 0.2) is 54.1 Å². The van der Waals surface area contributed by atoms with E-state index in [2.05, 4.69) is 5.32 Å². The number of fused-ring (bicyclic) bond motifs is 1. The van der Waals surface area contributed by atoms with Gasteiger partial charge in [0.25, 0.3) is 5.91 Å². The average Bonchev–Trinajstić information content (AvgIpc) is 2.73. The van der Waals surface area contributed by atoms with Gasteiger partial charge in [-0.3, -0.25) is 4.79 Å². The summed E-state index contributed by atoms with van der Waals surface area (Å²) in [6, 6.07) is 15.3. The summed E-state index contributed by atoms with van der Waals surface area (Å²) in [4.78, 5) is 28.8. The highest BCUT2D eigenvalue weighted by molar-refractivity contribution is 5.99. The van der Waals surface area contributed by atoms with E-state index in [4.69, 9.17) is 4.74 Å². The molecule has 0 bridgehead atoms. The quantitative estimate of drug-likeness (QED) is 0.875. The van der Waals surface area contributed by atoms with Gasteiger partial charge in [0.15, 0.2) is 0 Å². The Labute approximate surface area is 164 Å². The van der Waals surface area contributed by atoms with E-state index in [0.717, 1.165) is 22.6 Å². The van der Waals surface area contributed by atoms with Gasteiger partial charge in [-0.1, -0.05) is 30.3 Å². The molecule has 1 saturated heterocycles. The van der Waals surface area contributed by atoms with E-state index >= 15 is 0 Å². The number of anilines is 1. The highest BCUT2D eigenvalue weighted by atomic mass is 16.5. The number of urea groups is 1. The van der Waals surface area contributed by atoms with Crippen molar-refractivity contribution in [3.05, 3.63) is 65.2 Å². The number of ether oxygens (including phenoxy) is 1. The van der Waals surface area contributed by atoms with Gasteiger partial charge in [-0.15, -0.1) is 0 Å². The lowest BCUT2D eigenvalue weighted by Gasteiger charge is -2.35. The lowest BCUT2D eigenvalue weighted by molar-refractivity contribution is -0.128. The highest BCUT2D eigenvalue weighted by Gasteiger charge is 2.27. The van der Waals surface area contributed by atoms with E-state index in [0.29, 0.717) is 31.8 Å². The molecule has 0 radical (unpaired) electrons. The largest absolute Gasteiger partial charge is 0.488 e. The number of amides is 3. The Morgan fingerprint density at radius 1 is 0.964 bits per heavy atom. The molecule has 4 rings (SSSR count). The highest BCUT2D eigenvalue weighted by Crippen LogP contribution is 2.26. The summed E-state index contributed by atoms with van der Waals surface area (Å²) < 4.78 is 5.69. The Morgan fingerprint density at radius 2 is 1.71 bits per heavy atom. The Kier molecular flexibility index (Phi) is 5.02. The first kappa shape index (κ1) is 18.1. The van der Waals surface area contributed by atoms with E-state index < -0.39 is 0 Å². The summed E-state index contributed by atoms with van der Waals surface area (Å²) in [5.74, 6) is 0.782. The van der Waals surface area contributed by atoms with Crippen LogP contribution in [0.5, 0.6) is 5.75 Å². The molecule has 0 atom stereocenters. The van der Waals surface area contributed by atoms with Crippen molar-refractivity contribution in [2.24, 2.45) is 0 Å². The Bertz CT molecular complexity index is 930. The normalized spacial score (nSPS) is 16.0. The maximum Gasteiger partial charge on any atom is 0.321 e. The fourth-order valence-corrected chi connectivity index (χ4v) is 3.48. The van der Waals surface area contributed by atoms with E-state index in [-0.39, 0.29) is 18.5 Å². The average molecular weight is 377 g/mol. The number of nitrogens with zero attached hydrogens (tertiary/aromatic N) is 2. The van der Waals surface area contributed by atoms with Crippen LogP contribution >= 0.6 is 0 Å². The molecule has 28 heavy (non-hydrogen) atoms. The Hall–Kier alpha value is -3.28. The van der Waals surface area contributed by atoms with Gasteiger partial charge in [0, 0.05) is 37.4 Å². The van der Waals surface area contributed by atoms with Crippen LogP contribution in [0, 0.1) is 6.92 Å². The molecular formula is C22H23N3O3. The number of nitrogens with one attached hydrogen (secondary N) is 1. The molecule has 0 unspecified atom stereocenters. The lowest BCUT2D eigenvalue weighted by Crippen LogP contribution is -2.52. The summed E-state index contributed by atoms with van der Waals surface area (Å²) >= 11 is 0. The maximum absolute atomic E-state index is 12.8. The van der Waals surface area contributed by atoms with Crippen LogP contribution in [0.1, 0.15) is 11.1 Å². The number of benzene rings is 2. The fourth-order valence-electron chi connectivity index (χ4n) is 3.48. The molecule has 0 aliphatic carbocycles. The number of hydrogen-bond donors (Lipinski definition) is 1. The second-order valence-electron chi connectivity index (χ2n) is 7.07. The van der Waals surface area contributed by atoms with E-state index in [1.165, 1.54) is 0 Å². The molecule has 0 aromatic heterocycles. The van der Waals surface area contributed by atoms with Crippen molar-refractivity contribution < 1.29 is 14.3 Å². The molecule has 1 N–H and O–H groups in total. The summed E-state index contributed by atoms with van der Waals surface area (Å²) in [5, 5.41) is 2.92. The monoisotopic (exact) mass is 377 g/mol. The minimum atomic E-state index is -0.133. The standard InChI is InChI=1S/C22H23N3O3/c1-16-5-4-7-19(13-16)23-22(27)25-11-9-24(10-12-25)21(26)18-14-17-6-2-3-8-20(17)28-15-18/h2-8,13-14H,9-12,15H2,1H3,(H,23,27). The van der Waals surface area contributed by atoms with Gasteiger partial charge >= 0.3 is 6.03 Å². The molecule has 2 aromatic rings. The molecule has 6 heteroatoms. The van der Waals surface area contributed by atoms with Crippen molar-refractivity contribution in [2.45, 2.75) is 6.92 Å². The number of carbonyl (C=O) groups excluding carboxylic acids is 2. The Balaban J connectivity index is 1.34. The number of hydrogen-bond acceptors (Lipinski definition) is 3. The first-order chi connectivity index (χ1) is 13.6. The van der Waals surface area contributed by atoms with E-state index in [9.17, 15) is 9.59 Å². The van der Waals surface area contributed by atoms with Crippen molar-refractivity contribution in [2.75, 3.05) is 38.1 Å². The smallest absolute Gasteiger partial charge is 0.321 e. The number of para-hydroxylation sites is 1. The number of aryl methyl sites for hydroxylation is 1.